The first-order chi connectivity index (χ1) is 5.86. The van der Waals surface area contributed by atoms with Gasteiger partial charge in [0.25, 0.3) is 0 Å². The summed E-state index contributed by atoms with van der Waals surface area (Å²) in [4.78, 5) is 28.1. The molecule has 0 rings (SSSR count). The third kappa shape index (κ3) is 56.9. The van der Waals surface area contributed by atoms with Gasteiger partial charge < -0.3 is 20.4 Å². The molecule has 0 fully saturated rings. The molecule has 0 saturated carbocycles. The number of hydrogen-bond donors (Lipinski definition) is 4. The molecule has 0 amide bonds. The van der Waals surface area contributed by atoms with Gasteiger partial charge in [0.05, 0.1) is 0 Å². The summed E-state index contributed by atoms with van der Waals surface area (Å²) in [6, 6.07) is 0. The maximum absolute atomic E-state index is 9.79. The molecule has 0 unspecified atom stereocenters. The average Bonchev–Trinajstić information content (AvgIpc) is 1.83. The Bertz CT molecular complexity index is 178. The molecule has 15 heavy (non-hydrogen) atoms. The van der Waals surface area contributed by atoms with Gasteiger partial charge >= 0.3 is 47.7 Å². The quantitative estimate of drug-likeness (QED) is 0.529. The molecule has 0 aliphatic carbocycles. The predicted octanol–water partition coefficient (Wildman–Crippen LogP) is -0.103. The van der Waals surface area contributed by atoms with Crippen molar-refractivity contribution in [2.24, 2.45) is 0 Å². The van der Waals surface area contributed by atoms with E-state index in [-0.39, 0.29) is 68.3 Å². The summed E-state index contributed by atoms with van der Waals surface area (Å²) in [5.74, 6) is -1.90. The Morgan fingerprint density at radius 2 is 1.00 bits per heavy atom. The van der Waals surface area contributed by atoms with Crippen molar-refractivity contribution in [3.8, 4) is 0 Å². The third-order valence-electron chi connectivity index (χ3n) is 0.781. The molecule has 0 aromatic heterocycles. The van der Waals surface area contributed by atoms with Gasteiger partial charge in [-0.15, -0.1) is 0 Å². The van der Waals surface area contributed by atoms with E-state index in [1.165, 1.54) is 0 Å². The molecule has 7 nitrogen and oxygen atoms in total. The molecule has 0 aliphatic heterocycles. The topological polar surface area (TPSA) is 132 Å². The van der Waals surface area contributed by atoms with Crippen LogP contribution in [0.15, 0.2) is 0 Å². The number of carboxylic acid groups (broad SMARTS) is 4. The number of carboxylic acids is 2. The number of carbonyl (C=O) groups is 3. The summed E-state index contributed by atoms with van der Waals surface area (Å²) in [7, 11) is 0. The van der Waals surface area contributed by atoms with E-state index in [1.54, 1.807) is 0 Å². The van der Waals surface area contributed by atoms with Crippen LogP contribution in [0.2, 0.25) is 0 Å². The number of rotatable bonds is 4. The van der Waals surface area contributed by atoms with Crippen LogP contribution >= 0.6 is 0 Å². The molecule has 0 atom stereocenters. The van der Waals surface area contributed by atoms with Gasteiger partial charge in [0.2, 0.25) is 0 Å². The Kier molecular flexibility index (Phi) is 26.2. The fourth-order valence-electron chi connectivity index (χ4n) is 0.391. The van der Waals surface area contributed by atoms with E-state index in [9.17, 15) is 9.59 Å². The predicted molar refractivity (Wildman–Crippen MR) is 46.9 cm³/mol. The van der Waals surface area contributed by atoms with Crippen molar-refractivity contribution >= 4 is 47.7 Å². The van der Waals surface area contributed by atoms with E-state index in [0.717, 1.165) is 0 Å². The zero-order chi connectivity index (χ0) is 10.9. The normalized spacial score (nSPS) is 6.93. The molecule has 80 valence electrons. The largest absolute Gasteiger partial charge is 0 e. The van der Waals surface area contributed by atoms with Crippen molar-refractivity contribution in [2.75, 3.05) is 0 Å². The fourth-order valence-corrected chi connectivity index (χ4v) is 0.391. The summed E-state index contributed by atoms with van der Waals surface area (Å²) in [6.07, 6.45) is -1.75. The van der Waals surface area contributed by atoms with Crippen LogP contribution in [0.3, 0.4) is 0 Å². The van der Waals surface area contributed by atoms with Crippen molar-refractivity contribution in [3.63, 3.8) is 0 Å². The van der Waals surface area contributed by atoms with Gasteiger partial charge in [-0.1, -0.05) is 0 Å². The van der Waals surface area contributed by atoms with Gasteiger partial charge in [0.1, 0.15) is 0 Å². The zero-order valence-corrected chi connectivity index (χ0v) is 10.3. The number of hydrogen-bond acceptors (Lipinski definition) is 3. The first-order valence-corrected chi connectivity index (χ1v) is 3.21. The minimum atomic E-state index is -1.83. The minimum absolute atomic E-state index is 0. The van der Waals surface area contributed by atoms with Gasteiger partial charge in [-0.05, 0) is 6.42 Å². The first-order valence-electron chi connectivity index (χ1n) is 3.21. The van der Waals surface area contributed by atoms with Crippen molar-refractivity contribution < 1.29 is 54.3 Å². The summed E-state index contributed by atoms with van der Waals surface area (Å²) >= 11 is 0. The van der Waals surface area contributed by atoms with Gasteiger partial charge in [-0.3, -0.25) is 9.59 Å². The van der Waals surface area contributed by atoms with E-state index in [4.69, 9.17) is 25.2 Å². The molecule has 4 N–H and O–H groups in total. The molecule has 0 aromatic carbocycles. The maximum atomic E-state index is 9.79. The van der Waals surface area contributed by atoms with E-state index >= 15 is 0 Å². The minimum Gasteiger partial charge on any atom is 0 e. The molecule has 0 radical (unpaired) electrons. The second kappa shape index (κ2) is 16.3. The molecule has 0 bridgehead atoms. The second-order valence-electron chi connectivity index (χ2n) is 1.92. The van der Waals surface area contributed by atoms with Crippen LogP contribution in [-0.4, -0.2) is 68.1 Å². The SMILES string of the molecule is O=C(O)CCCC(=O)O.O=C(O)O.[NaH].[Zn]. The van der Waals surface area contributed by atoms with Crippen LogP contribution in [0.1, 0.15) is 19.3 Å². The van der Waals surface area contributed by atoms with E-state index < -0.39 is 18.1 Å². The summed E-state index contributed by atoms with van der Waals surface area (Å²) in [5, 5.41) is 30.0. The van der Waals surface area contributed by atoms with Crippen molar-refractivity contribution in [2.45, 2.75) is 19.3 Å². The van der Waals surface area contributed by atoms with Crippen LogP contribution < -0.4 is 0 Å². The second-order valence-corrected chi connectivity index (χ2v) is 1.92. The Balaban J connectivity index is -0.0000000883. The molecule has 0 heterocycles. The first kappa shape index (κ1) is 24.2. The Morgan fingerprint density at radius 1 is 0.800 bits per heavy atom. The van der Waals surface area contributed by atoms with Crippen molar-refractivity contribution in [1.29, 1.82) is 0 Å². The van der Waals surface area contributed by atoms with Crippen LogP contribution in [0.25, 0.3) is 0 Å². The Labute approximate surface area is 121 Å². The van der Waals surface area contributed by atoms with Gasteiger partial charge in [0.15, 0.2) is 0 Å². The molecular formula is C6H11NaO7Zn. The summed E-state index contributed by atoms with van der Waals surface area (Å²) in [5.41, 5.74) is 0. The zero-order valence-electron chi connectivity index (χ0n) is 7.34. The van der Waals surface area contributed by atoms with Crippen molar-refractivity contribution in [1.82, 2.24) is 0 Å². The van der Waals surface area contributed by atoms with E-state index in [0.29, 0.717) is 0 Å². The standard InChI is InChI=1S/C5H8O4.CH2O3.Na.Zn.H/c6-4(7)2-1-3-5(8)9;2-1(3)4;;;/h1-3H2,(H,6,7)(H,8,9);(H2,2,3,4);;;. The molecule has 9 heteroatoms. The molecule has 0 aliphatic rings. The maximum Gasteiger partial charge on any atom is 0 e. The third-order valence-corrected chi connectivity index (χ3v) is 0.781. The molecule has 0 saturated heterocycles. The van der Waals surface area contributed by atoms with Crippen molar-refractivity contribution in [3.05, 3.63) is 0 Å². The van der Waals surface area contributed by atoms with Gasteiger partial charge in [-0.2, -0.15) is 0 Å². The average molecular weight is 284 g/mol. The van der Waals surface area contributed by atoms with Crippen LogP contribution in [0.5, 0.6) is 0 Å². The monoisotopic (exact) mass is 282 g/mol. The Hall–Kier alpha value is -0.167. The molecule has 0 spiro atoms. The van der Waals surface area contributed by atoms with E-state index in [2.05, 4.69) is 0 Å². The molecular weight excluding hydrogens is 272 g/mol. The van der Waals surface area contributed by atoms with Gasteiger partial charge in [0, 0.05) is 32.3 Å². The number of aliphatic carboxylic acids is 2. The summed E-state index contributed by atoms with van der Waals surface area (Å²) in [6.45, 7) is 0. The summed E-state index contributed by atoms with van der Waals surface area (Å²) < 4.78 is 0. The van der Waals surface area contributed by atoms with Crippen LogP contribution in [-0.2, 0) is 29.1 Å². The van der Waals surface area contributed by atoms with Gasteiger partial charge in [-0.25, -0.2) is 4.79 Å². The molecule has 0 aromatic rings. The van der Waals surface area contributed by atoms with Crippen LogP contribution in [0.4, 0.5) is 4.79 Å². The van der Waals surface area contributed by atoms with Crippen LogP contribution in [0, 0.1) is 0 Å². The van der Waals surface area contributed by atoms with E-state index in [1.807, 2.05) is 0 Å². The smallest absolute Gasteiger partial charge is 0 e. The fraction of sp³-hybridized carbons (Fsp3) is 0.500. The Morgan fingerprint density at radius 3 is 1.13 bits per heavy atom.